The van der Waals surface area contributed by atoms with Gasteiger partial charge in [-0.2, -0.15) is 0 Å². The van der Waals surface area contributed by atoms with E-state index in [9.17, 15) is 4.79 Å². The van der Waals surface area contributed by atoms with Gasteiger partial charge < -0.3 is 10.3 Å². The van der Waals surface area contributed by atoms with Gasteiger partial charge in [-0.15, -0.1) is 0 Å². The number of rotatable bonds is 3. The highest BCUT2D eigenvalue weighted by molar-refractivity contribution is 6.33. The van der Waals surface area contributed by atoms with Gasteiger partial charge in [-0.25, -0.2) is 9.97 Å². The summed E-state index contributed by atoms with van der Waals surface area (Å²) in [4.78, 5) is 22.7. The first kappa shape index (κ1) is 12.9. The lowest BCUT2D eigenvalue weighted by atomic mass is 10.2. The minimum atomic E-state index is -0.287. The SMILES string of the molecule is CC(NC(=O)c1cc(Cl)nc(Cl)c1)c1ncc[nH]1. The van der Waals surface area contributed by atoms with E-state index in [0.717, 1.165) is 0 Å². The molecule has 0 aliphatic rings. The Balaban J connectivity index is 2.12. The number of nitrogens with one attached hydrogen (secondary N) is 2. The third-order valence-corrected chi connectivity index (χ3v) is 2.69. The number of nitrogens with zero attached hydrogens (tertiary/aromatic N) is 2. The van der Waals surface area contributed by atoms with E-state index in [1.54, 1.807) is 12.4 Å². The number of halogens is 2. The standard InChI is InChI=1S/C11H10Cl2N4O/c1-6(10-14-2-3-15-10)16-11(18)7-4-8(12)17-9(13)5-7/h2-6H,1H3,(H,14,15)(H,16,18). The van der Waals surface area contributed by atoms with E-state index in [1.165, 1.54) is 12.1 Å². The smallest absolute Gasteiger partial charge is 0.252 e. The van der Waals surface area contributed by atoms with Gasteiger partial charge in [0.05, 0.1) is 6.04 Å². The van der Waals surface area contributed by atoms with Crippen molar-refractivity contribution in [2.45, 2.75) is 13.0 Å². The highest BCUT2D eigenvalue weighted by atomic mass is 35.5. The number of hydrogen-bond acceptors (Lipinski definition) is 3. The Morgan fingerprint density at radius 1 is 1.39 bits per heavy atom. The van der Waals surface area contributed by atoms with Crippen molar-refractivity contribution in [3.8, 4) is 0 Å². The normalized spacial score (nSPS) is 12.2. The van der Waals surface area contributed by atoms with Crippen LogP contribution in [0.1, 0.15) is 29.1 Å². The third kappa shape index (κ3) is 3.00. The molecule has 0 bridgehead atoms. The number of aromatic amines is 1. The topological polar surface area (TPSA) is 70.7 Å². The summed E-state index contributed by atoms with van der Waals surface area (Å²) < 4.78 is 0. The Hall–Kier alpha value is -1.59. The molecule has 2 N–H and O–H groups in total. The van der Waals surface area contributed by atoms with Crippen molar-refractivity contribution in [1.29, 1.82) is 0 Å². The van der Waals surface area contributed by atoms with Crippen LogP contribution >= 0.6 is 23.2 Å². The predicted octanol–water partition coefficient (Wildman–Crippen LogP) is 2.60. The fraction of sp³-hybridized carbons (Fsp3) is 0.182. The summed E-state index contributed by atoms with van der Waals surface area (Å²) in [5.41, 5.74) is 0.360. The molecule has 0 aliphatic carbocycles. The number of H-pyrrole nitrogens is 1. The molecule has 2 rings (SSSR count). The molecule has 0 saturated carbocycles. The lowest BCUT2D eigenvalue weighted by Gasteiger charge is -2.11. The van der Waals surface area contributed by atoms with Crippen LogP contribution in [-0.4, -0.2) is 20.9 Å². The van der Waals surface area contributed by atoms with Gasteiger partial charge in [0.2, 0.25) is 0 Å². The zero-order valence-electron chi connectivity index (χ0n) is 9.45. The number of aromatic nitrogens is 3. The van der Waals surface area contributed by atoms with Crippen LogP contribution in [0.3, 0.4) is 0 Å². The fourth-order valence-corrected chi connectivity index (χ4v) is 1.92. The van der Waals surface area contributed by atoms with E-state index < -0.39 is 0 Å². The second-order valence-electron chi connectivity index (χ2n) is 3.67. The molecule has 0 aliphatic heterocycles. The summed E-state index contributed by atoms with van der Waals surface area (Å²) in [5.74, 6) is 0.389. The molecule has 1 atom stereocenters. The van der Waals surface area contributed by atoms with Crippen molar-refractivity contribution in [2.24, 2.45) is 0 Å². The minimum absolute atomic E-state index is 0.179. The van der Waals surface area contributed by atoms with Gasteiger partial charge in [0.15, 0.2) is 0 Å². The highest BCUT2D eigenvalue weighted by Crippen LogP contribution is 2.15. The summed E-state index contributed by atoms with van der Waals surface area (Å²) in [6.07, 6.45) is 3.32. The number of carbonyl (C=O) groups excluding carboxylic acids is 1. The van der Waals surface area contributed by atoms with Gasteiger partial charge in [-0.05, 0) is 19.1 Å². The summed E-state index contributed by atoms with van der Waals surface area (Å²) in [6.45, 7) is 1.82. The van der Waals surface area contributed by atoms with Gasteiger partial charge in [-0.3, -0.25) is 4.79 Å². The van der Waals surface area contributed by atoms with Crippen molar-refractivity contribution in [1.82, 2.24) is 20.3 Å². The first-order valence-electron chi connectivity index (χ1n) is 5.19. The summed E-state index contributed by atoms with van der Waals surface area (Å²) >= 11 is 11.5. The summed E-state index contributed by atoms with van der Waals surface area (Å²) in [6, 6.07) is 2.67. The van der Waals surface area contributed by atoms with Crippen LogP contribution < -0.4 is 5.32 Å². The highest BCUT2D eigenvalue weighted by Gasteiger charge is 2.14. The van der Waals surface area contributed by atoms with Gasteiger partial charge in [-0.1, -0.05) is 23.2 Å². The van der Waals surface area contributed by atoms with E-state index in [1.807, 2.05) is 6.92 Å². The molecule has 2 aromatic heterocycles. The molecule has 0 aromatic carbocycles. The van der Waals surface area contributed by atoms with Crippen LogP contribution in [0, 0.1) is 0 Å². The average molecular weight is 285 g/mol. The Kier molecular flexibility index (Phi) is 3.84. The second-order valence-corrected chi connectivity index (χ2v) is 4.45. The Morgan fingerprint density at radius 2 is 2.06 bits per heavy atom. The molecule has 0 spiro atoms. The molecule has 1 amide bonds. The second kappa shape index (κ2) is 5.37. The molecule has 2 heterocycles. The maximum absolute atomic E-state index is 12.0. The van der Waals surface area contributed by atoms with Crippen LogP contribution in [0.2, 0.25) is 10.3 Å². The predicted molar refractivity (Wildman–Crippen MR) is 68.7 cm³/mol. The van der Waals surface area contributed by atoms with E-state index in [4.69, 9.17) is 23.2 Å². The Labute approximate surface area is 114 Å². The van der Waals surface area contributed by atoms with Crippen molar-refractivity contribution in [2.75, 3.05) is 0 Å². The molecule has 1 unspecified atom stereocenters. The summed E-state index contributed by atoms with van der Waals surface area (Å²) in [5, 5.41) is 3.13. The molecule has 5 nitrogen and oxygen atoms in total. The van der Waals surface area contributed by atoms with Crippen LogP contribution in [0.4, 0.5) is 0 Å². The van der Waals surface area contributed by atoms with E-state index in [-0.39, 0.29) is 22.3 Å². The monoisotopic (exact) mass is 284 g/mol. The lowest BCUT2D eigenvalue weighted by molar-refractivity contribution is 0.0938. The average Bonchev–Trinajstić information content (AvgIpc) is 2.80. The van der Waals surface area contributed by atoms with Gasteiger partial charge >= 0.3 is 0 Å². The minimum Gasteiger partial charge on any atom is -0.347 e. The number of carbonyl (C=O) groups is 1. The zero-order valence-corrected chi connectivity index (χ0v) is 11.0. The van der Waals surface area contributed by atoms with E-state index in [0.29, 0.717) is 11.4 Å². The van der Waals surface area contributed by atoms with Crippen molar-refractivity contribution in [3.05, 3.63) is 46.2 Å². The molecule has 94 valence electrons. The van der Waals surface area contributed by atoms with Crippen molar-refractivity contribution < 1.29 is 4.79 Å². The quantitative estimate of drug-likeness (QED) is 0.851. The van der Waals surface area contributed by atoms with Gasteiger partial charge in [0.1, 0.15) is 16.1 Å². The van der Waals surface area contributed by atoms with Crippen LogP contribution in [-0.2, 0) is 0 Å². The largest absolute Gasteiger partial charge is 0.347 e. The van der Waals surface area contributed by atoms with E-state index in [2.05, 4.69) is 20.3 Å². The number of pyridine rings is 1. The molecular formula is C11H10Cl2N4O. The molecule has 2 aromatic rings. The number of imidazole rings is 1. The lowest BCUT2D eigenvalue weighted by Crippen LogP contribution is -2.27. The van der Waals surface area contributed by atoms with Gasteiger partial charge in [0, 0.05) is 18.0 Å². The number of hydrogen-bond donors (Lipinski definition) is 2. The first-order valence-corrected chi connectivity index (χ1v) is 5.95. The Bertz CT molecular complexity index is 536. The third-order valence-electron chi connectivity index (χ3n) is 2.30. The Morgan fingerprint density at radius 3 is 2.61 bits per heavy atom. The molecule has 0 radical (unpaired) electrons. The zero-order chi connectivity index (χ0) is 13.1. The number of amides is 1. The molecule has 7 heteroatoms. The molecule has 18 heavy (non-hydrogen) atoms. The van der Waals surface area contributed by atoms with Crippen molar-refractivity contribution >= 4 is 29.1 Å². The first-order chi connectivity index (χ1) is 8.56. The summed E-state index contributed by atoms with van der Waals surface area (Å²) in [7, 11) is 0. The van der Waals surface area contributed by atoms with Crippen LogP contribution in [0.5, 0.6) is 0 Å². The van der Waals surface area contributed by atoms with Crippen molar-refractivity contribution in [3.63, 3.8) is 0 Å². The molecular weight excluding hydrogens is 275 g/mol. The molecule has 0 fully saturated rings. The fourth-order valence-electron chi connectivity index (χ4n) is 1.46. The van der Waals surface area contributed by atoms with E-state index >= 15 is 0 Å². The van der Waals surface area contributed by atoms with Gasteiger partial charge in [0.25, 0.3) is 5.91 Å². The maximum atomic E-state index is 12.0. The molecule has 0 saturated heterocycles. The van der Waals surface area contributed by atoms with Crippen LogP contribution in [0.25, 0.3) is 0 Å². The van der Waals surface area contributed by atoms with Crippen LogP contribution in [0.15, 0.2) is 24.5 Å². The maximum Gasteiger partial charge on any atom is 0.252 e.